The third kappa shape index (κ3) is 6.77. The molecule has 0 spiro atoms. The predicted molar refractivity (Wildman–Crippen MR) is 83.3 cm³/mol. The number of ether oxygens (including phenoxy) is 3. The van der Waals surface area contributed by atoms with Gasteiger partial charge in [0.1, 0.15) is 23.9 Å². The van der Waals surface area contributed by atoms with Crippen LogP contribution >= 0.6 is 0 Å². The summed E-state index contributed by atoms with van der Waals surface area (Å²) in [5.41, 5.74) is 0. The molecule has 128 valence electrons. The summed E-state index contributed by atoms with van der Waals surface area (Å²) in [5, 5.41) is 11.2. The fraction of sp³-hybridized carbons (Fsp3) is 0.467. The molecule has 2 amide bonds. The Labute approximate surface area is 134 Å². The van der Waals surface area contributed by atoms with E-state index in [0.29, 0.717) is 17.2 Å². The van der Waals surface area contributed by atoms with E-state index in [4.69, 9.17) is 19.3 Å². The zero-order valence-corrected chi connectivity index (χ0v) is 13.5. The Kier molecular flexibility index (Phi) is 7.52. The summed E-state index contributed by atoms with van der Waals surface area (Å²) in [6.45, 7) is 0.694. The quantitative estimate of drug-likeness (QED) is 0.662. The summed E-state index contributed by atoms with van der Waals surface area (Å²) in [7, 11) is 4.63. The Morgan fingerprint density at radius 2 is 1.70 bits per heavy atom. The van der Waals surface area contributed by atoms with Crippen LogP contribution in [0.5, 0.6) is 17.2 Å². The Morgan fingerprint density at radius 1 is 1.13 bits per heavy atom. The van der Waals surface area contributed by atoms with Crippen molar-refractivity contribution in [1.29, 1.82) is 0 Å². The van der Waals surface area contributed by atoms with Crippen LogP contribution in [-0.4, -0.2) is 63.0 Å². The number of rotatable bonds is 9. The zero-order chi connectivity index (χ0) is 17.2. The molecule has 0 aliphatic carbocycles. The van der Waals surface area contributed by atoms with Crippen molar-refractivity contribution in [2.45, 2.75) is 6.42 Å². The van der Waals surface area contributed by atoms with Crippen molar-refractivity contribution < 1.29 is 28.9 Å². The third-order valence-electron chi connectivity index (χ3n) is 2.98. The van der Waals surface area contributed by atoms with E-state index >= 15 is 0 Å². The predicted octanol–water partition coefficient (Wildman–Crippen LogP) is 1.20. The van der Waals surface area contributed by atoms with Gasteiger partial charge in [0.2, 0.25) is 0 Å². The molecule has 1 rings (SSSR count). The Bertz CT molecular complexity index is 512. The average Bonchev–Trinajstić information content (AvgIpc) is 2.55. The van der Waals surface area contributed by atoms with Crippen molar-refractivity contribution in [3.05, 3.63) is 18.2 Å². The second kappa shape index (κ2) is 9.39. The van der Waals surface area contributed by atoms with Crippen LogP contribution in [0.3, 0.4) is 0 Å². The molecule has 0 atom stereocenters. The fourth-order valence-electron chi connectivity index (χ4n) is 1.69. The number of carbonyl (C=O) groups is 2. The molecule has 0 aliphatic heterocycles. The van der Waals surface area contributed by atoms with Gasteiger partial charge in [-0.3, -0.25) is 4.79 Å². The molecule has 0 aromatic heterocycles. The Hall–Kier alpha value is -2.64. The van der Waals surface area contributed by atoms with Crippen molar-refractivity contribution in [2.75, 3.05) is 41.0 Å². The van der Waals surface area contributed by atoms with Crippen LogP contribution in [0.1, 0.15) is 6.42 Å². The van der Waals surface area contributed by atoms with Crippen molar-refractivity contribution in [1.82, 2.24) is 10.2 Å². The van der Waals surface area contributed by atoms with E-state index in [0.717, 1.165) is 0 Å². The van der Waals surface area contributed by atoms with Crippen LogP contribution < -0.4 is 19.5 Å². The van der Waals surface area contributed by atoms with E-state index in [9.17, 15) is 9.59 Å². The number of aliphatic carboxylic acids is 1. The molecule has 0 fully saturated rings. The lowest BCUT2D eigenvalue weighted by atomic mass is 10.3. The first-order valence-electron chi connectivity index (χ1n) is 7.03. The van der Waals surface area contributed by atoms with Crippen LogP contribution in [0, 0.1) is 0 Å². The summed E-state index contributed by atoms with van der Waals surface area (Å²) < 4.78 is 15.8. The van der Waals surface area contributed by atoms with E-state index in [2.05, 4.69) is 5.32 Å². The highest BCUT2D eigenvalue weighted by Crippen LogP contribution is 2.27. The first-order chi connectivity index (χ1) is 11.0. The van der Waals surface area contributed by atoms with Crippen molar-refractivity contribution in [3.8, 4) is 17.2 Å². The number of nitrogens with one attached hydrogen (secondary N) is 1. The summed E-state index contributed by atoms with van der Waals surface area (Å²) in [6.07, 6.45) is -0.0932. The SMILES string of the molecule is COc1cc(OC)cc(OCCNC(=O)N(C)CCC(=O)O)c1. The molecule has 0 heterocycles. The molecule has 0 radical (unpaired) electrons. The average molecular weight is 326 g/mol. The summed E-state index contributed by atoms with van der Waals surface area (Å²) in [6, 6.07) is 4.80. The van der Waals surface area contributed by atoms with E-state index in [1.54, 1.807) is 32.4 Å². The van der Waals surface area contributed by atoms with Gasteiger partial charge in [0.15, 0.2) is 0 Å². The van der Waals surface area contributed by atoms with Gasteiger partial charge in [-0.25, -0.2) is 4.79 Å². The standard InChI is InChI=1S/C15H22N2O6/c1-17(6-4-14(18)19)15(20)16-5-7-23-13-9-11(21-2)8-12(10-13)22-3/h8-10H,4-7H2,1-3H3,(H,16,20)(H,18,19). The van der Waals surface area contributed by atoms with Gasteiger partial charge in [-0.1, -0.05) is 0 Å². The maximum absolute atomic E-state index is 11.7. The third-order valence-corrected chi connectivity index (χ3v) is 2.98. The topological polar surface area (TPSA) is 97.3 Å². The molecule has 0 bridgehead atoms. The minimum Gasteiger partial charge on any atom is -0.496 e. The second-order valence-corrected chi connectivity index (χ2v) is 4.69. The minimum atomic E-state index is -0.944. The molecule has 0 saturated carbocycles. The lowest BCUT2D eigenvalue weighted by Crippen LogP contribution is -2.40. The van der Waals surface area contributed by atoms with Crippen LogP contribution in [0.2, 0.25) is 0 Å². The summed E-state index contributed by atoms with van der Waals surface area (Å²) >= 11 is 0. The molecule has 1 aromatic rings. The number of hydrogen-bond acceptors (Lipinski definition) is 5. The molecule has 2 N–H and O–H groups in total. The van der Waals surface area contributed by atoms with E-state index in [-0.39, 0.29) is 32.1 Å². The van der Waals surface area contributed by atoms with E-state index in [1.165, 1.54) is 11.9 Å². The Balaban J connectivity index is 2.36. The number of amides is 2. The van der Waals surface area contributed by atoms with Crippen LogP contribution in [-0.2, 0) is 4.79 Å². The van der Waals surface area contributed by atoms with Gasteiger partial charge in [-0.2, -0.15) is 0 Å². The molecular weight excluding hydrogens is 304 g/mol. The van der Waals surface area contributed by atoms with Crippen LogP contribution in [0.25, 0.3) is 0 Å². The molecule has 8 nitrogen and oxygen atoms in total. The highest BCUT2D eigenvalue weighted by Gasteiger charge is 2.09. The smallest absolute Gasteiger partial charge is 0.317 e. The number of nitrogens with zero attached hydrogens (tertiary/aromatic N) is 1. The number of urea groups is 1. The first-order valence-corrected chi connectivity index (χ1v) is 7.03. The number of hydrogen-bond donors (Lipinski definition) is 2. The summed E-state index contributed by atoms with van der Waals surface area (Å²) in [5.74, 6) is 0.836. The van der Waals surface area contributed by atoms with Gasteiger partial charge >= 0.3 is 12.0 Å². The fourth-order valence-corrected chi connectivity index (χ4v) is 1.69. The lowest BCUT2D eigenvalue weighted by molar-refractivity contribution is -0.137. The molecular formula is C15H22N2O6. The van der Waals surface area contributed by atoms with E-state index < -0.39 is 5.97 Å². The number of carbonyl (C=O) groups excluding carboxylic acids is 1. The number of carboxylic acids is 1. The molecule has 23 heavy (non-hydrogen) atoms. The van der Waals surface area contributed by atoms with Gasteiger partial charge < -0.3 is 29.5 Å². The number of carboxylic acid groups (broad SMARTS) is 1. The minimum absolute atomic E-state index is 0.0932. The highest BCUT2D eigenvalue weighted by molar-refractivity contribution is 5.74. The molecule has 8 heteroatoms. The van der Waals surface area contributed by atoms with Gasteiger partial charge in [-0.05, 0) is 0 Å². The van der Waals surface area contributed by atoms with Gasteiger partial charge in [0.25, 0.3) is 0 Å². The van der Waals surface area contributed by atoms with E-state index in [1.807, 2.05) is 0 Å². The van der Waals surface area contributed by atoms with Crippen LogP contribution in [0.15, 0.2) is 18.2 Å². The van der Waals surface area contributed by atoms with Crippen molar-refractivity contribution in [2.24, 2.45) is 0 Å². The Morgan fingerprint density at radius 3 is 2.22 bits per heavy atom. The summed E-state index contributed by atoms with van der Waals surface area (Å²) in [4.78, 5) is 23.5. The molecule has 0 aliphatic rings. The normalized spacial score (nSPS) is 9.87. The van der Waals surface area contributed by atoms with Gasteiger partial charge in [-0.15, -0.1) is 0 Å². The zero-order valence-electron chi connectivity index (χ0n) is 13.5. The van der Waals surface area contributed by atoms with Crippen LogP contribution in [0.4, 0.5) is 4.79 Å². The largest absolute Gasteiger partial charge is 0.496 e. The van der Waals surface area contributed by atoms with Gasteiger partial charge in [0.05, 0.1) is 27.2 Å². The molecule has 1 aromatic carbocycles. The molecule has 0 unspecified atom stereocenters. The highest BCUT2D eigenvalue weighted by atomic mass is 16.5. The monoisotopic (exact) mass is 326 g/mol. The maximum atomic E-state index is 11.7. The lowest BCUT2D eigenvalue weighted by Gasteiger charge is -2.17. The number of benzene rings is 1. The number of methoxy groups -OCH3 is 2. The van der Waals surface area contributed by atoms with Gasteiger partial charge in [0, 0.05) is 31.8 Å². The second-order valence-electron chi connectivity index (χ2n) is 4.69. The maximum Gasteiger partial charge on any atom is 0.317 e. The first kappa shape index (κ1) is 18.4. The molecule has 0 saturated heterocycles. The van der Waals surface area contributed by atoms with Crippen molar-refractivity contribution in [3.63, 3.8) is 0 Å². The van der Waals surface area contributed by atoms with Crippen molar-refractivity contribution >= 4 is 12.0 Å².